The van der Waals surface area contributed by atoms with E-state index in [-0.39, 0.29) is 17.3 Å². The molecule has 0 amide bonds. The van der Waals surface area contributed by atoms with Crippen molar-refractivity contribution in [2.75, 3.05) is 13.1 Å². The van der Waals surface area contributed by atoms with Crippen LogP contribution in [-0.2, 0) is 0 Å². The molecule has 21 heavy (non-hydrogen) atoms. The highest BCUT2D eigenvalue weighted by Gasteiger charge is 2.38. The van der Waals surface area contributed by atoms with Crippen LogP contribution in [0.25, 0.3) is 0 Å². The van der Waals surface area contributed by atoms with Crippen molar-refractivity contribution in [3.63, 3.8) is 0 Å². The standard InChI is InChI=1S/C18H27NO2/c1-13(2)21-16-10-6-5-9-15(16)17(20)18(3,4)14-8-7-11-19-12-14/h5-6,9-10,13-14,19H,7-8,11-12H2,1-4H3. The third kappa shape index (κ3) is 3.65. The Morgan fingerprint density at radius 2 is 2.05 bits per heavy atom. The van der Waals surface area contributed by atoms with Gasteiger partial charge >= 0.3 is 0 Å². The van der Waals surface area contributed by atoms with Crippen LogP contribution in [0.3, 0.4) is 0 Å². The number of ketones is 1. The topological polar surface area (TPSA) is 38.3 Å². The van der Waals surface area contributed by atoms with Crippen LogP contribution >= 0.6 is 0 Å². The van der Waals surface area contributed by atoms with Gasteiger partial charge in [-0.15, -0.1) is 0 Å². The van der Waals surface area contributed by atoms with Gasteiger partial charge in [0.1, 0.15) is 5.75 Å². The van der Waals surface area contributed by atoms with Crippen LogP contribution in [0.1, 0.15) is 50.9 Å². The van der Waals surface area contributed by atoms with E-state index in [1.807, 2.05) is 38.1 Å². The summed E-state index contributed by atoms with van der Waals surface area (Å²) in [5.74, 6) is 1.27. The van der Waals surface area contributed by atoms with Crippen molar-refractivity contribution in [1.82, 2.24) is 5.32 Å². The second-order valence-electron chi connectivity index (χ2n) is 6.76. The molecule has 0 aromatic heterocycles. The summed E-state index contributed by atoms with van der Waals surface area (Å²) in [7, 11) is 0. The maximum Gasteiger partial charge on any atom is 0.172 e. The van der Waals surface area contributed by atoms with E-state index in [1.54, 1.807) is 0 Å². The molecule has 1 aliphatic heterocycles. The number of carbonyl (C=O) groups excluding carboxylic acids is 1. The van der Waals surface area contributed by atoms with Gasteiger partial charge in [-0.25, -0.2) is 0 Å². The smallest absolute Gasteiger partial charge is 0.172 e. The molecule has 0 radical (unpaired) electrons. The lowest BCUT2D eigenvalue weighted by Crippen LogP contribution is -2.42. The summed E-state index contributed by atoms with van der Waals surface area (Å²) in [6.45, 7) is 10.1. The lowest BCUT2D eigenvalue weighted by Gasteiger charge is -2.36. The Kier molecular flexibility index (Phi) is 5.04. The average molecular weight is 289 g/mol. The number of rotatable bonds is 5. The summed E-state index contributed by atoms with van der Waals surface area (Å²) in [5, 5.41) is 3.41. The second kappa shape index (κ2) is 6.61. The van der Waals surface area contributed by atoms with Crippen molar-refractivity contribution in [3.8, 4) is 5.75 Å². The van der Waals surface area contributed by atoms with Gasteiger partial charge in [-0.3, -0.25) is 4.79 Å². The SMILES string of the molecule is CC(C)Oc1ccccc1C(=O)C(C)(C)C1CCCNC1. The van der Waals surface area contributed by atoms with Crippen molar-refractivity contribution in [1.29, 1.82) is 0 Å². The average Bonchev–Trinajstić information content (AvgIpc) is 2.47. The van der Waals surface area contributed by atoms with E-state index in [0.29, 0.717) is 17.2 Å². The minimum Gasteiger partial charge on any atom is -0.490 e. The van der Waals surface area contributed by atoms with Crippen LogP contribution in [-0.4, -0.2) is 25.0 Å². The molecular formula is C18H27NO2. The van der Waals surface area contributed by atoms with E-state index >= 15 is 0 Å². The molecule has 1 atom stereocenters. The van der Waals surface area contributed by atoms with Crippen LogP contribution in [0.4, 0.5) is 0 Å². The number of benzene rings is 1. The van der Waals surface area contributed by atoms with Gasteiger partial charge in [0.05, 0.1) is 11.7 Å². The van der Waals surface area contributed by atoms with Gasteiger partial charge in [-0.05, 0) is 57.8 Å². The van der Waals surface area contributed by atoms with Gasteiger partial charge in [-0.1, -0.05) is 26.0 Å². The fraction of sp³-hybridized carbons (Fsp3) is 0.611. The van der Waals surface area contributed by atoms with E-state index in [1.165, 1.54) is 0 Å². The highest BCUT2D eigenvalue weighted by Crippen LogP contribution is 2.37. The predicted molar refractivity (Wildman–Crippen MR) is 85.9 cm³/mol. The largest absolute Gasteiger partial charge is 0.490 e. The van der Waals surface area contributed by atoms with Gasteiger partial charge in [0.15, 0.2) is 5.78 Å². The van der Waals surface area contributed by atoms with Crippen molar-refractivity contribution >= 4 is 5.78 Å². The van der Waals surface area contributed by atoms with Gasteiger partial charge < -0.3 is 10.1 Å². The third-order valence-corrected chi connectivity index (χ3v) is 4.40. The minimum absolute atomic E-state index is 0.0680. The minimum atomic E-state index is -0.371. The zero-order chi connectivity index (χ0) is 15.5. The summed E-state index contributed by atoms with van der Waals surface area (Å²) in [6, 6.07) is 7.61. The van der Waals surface area contributed by atoms with E-state index < -0.39 is 0 Å². The molecular weight excluding hydrogens is 262 g/mol. The van der Waals surface area contributed by atoms with Crippen LogP contribution < -0.4 is 10.1 Å². The zero-order valence-electron chi connectivity index (χ0n) is 13.6. The number of Topliss-reactive ketones (excluding diaryl/α,β-unsaturated/α-hetero) is 1. The van der Waals surface area contributed by atoms with E-state index in [9.17, 15) is 4.79 Å². The maximum absolute atomic E-state index is 13.1. The quantitative estimate of drug-likeness (QED) is 0.840. The van der Waals surface area contributed by atoms with Crippen LogP contribution in [0.2, 0.25) is 0 Å². The molecule has 0 aliphatic carbocycles. The lowest BCUT2D eigenvalue weighted by atomic mass is 9.70. The van der Waals surface area contributed by atoms with Crippen LogP contribution in [0.15, 0.2) is 24.3 Å². The van der Waals surface area contributed by atoms with Crippen molar-refractivity contribution in [3.05, 3.63) is 29.8 Å². The van der Waals surface area contributed by atoms with Gasteiger partial charge in [0.25, 0.3) is 0 Å². The van der Waals surface area contributed by atoms with Gasteiger partial charge in [0, 0.05) is 5.41 Å². The fourth-order valence-electron chi connectivity index (χ4n) is 3.01. The molecule has 1 unspecified atom stereocenters. The van der Waals surface area contributed by atoms with Gasteiger partial charge in [0.2, 0.25) is 0 Å². The molecule has 0 spiro atoms. The molecule has 1 fully saturated rings. The molecule has 2 rings (SSSR count). The van der Waals surface area contributed by atoms with E-state index in [2.05, 4.69) is 19.2 Å². The molecule has 0 bridgehead atoms. The Hall–Kier alpha value is -1.35. The van der Waals surface area contributed by atoms with Crippen molar-refractivity contribution < 1.29 is 9.53 Å². The Labute approximate surface area is 128 Å². The molecule has 0 saturated carbocycles. The molecule has 3 heteroatoms. The Balaban J connectivity index is 2.26. The lowest BCUT2D eigenvalue weighted by molar-refractivity contribution is 0.0702. The number of carbonyl (C=O) groups is 1. The molecule has 116 valence electrons. The number of nitrogens with one attached hydrogen (secondary N) is 1. The number of hydrogen-bond acceptors (Lipinski definition) is 3. The summed E-state index contributed by atoms with van der Waals surface area (Å²) >= 11 is 0. The van der Waals surface area contributed by atoms with Crippen LogP contribution in [0, 0.1) is 11.3 Å². The molecule has 1 aliphatic rings. The van der Waals surface area contributed by atoms with Crippen LogP contribution in [0.5, 0.6) is 5.75 Å². The van der Waals surface area contributed by atoms with E-state index in [0.717, 1.165) is 25.9 Å². The molecule has 1 N–H and O–H groups in total. The normalized spacial score (nSPS) is 19.6. The Morgan fingerprint density at radius 3 is 2.67 bits per heavy atom. The predicted octanol–water partition coefficient (Wildman–Crippen LogP) is 3.68. The number of ether oxygens (including phenoxy) is 1. The number of piperidine rings is 1. The third-order valence-electron chi connectivity index (χ3n) is 4.40. The van der Waals surface area contributed by atoms with E-state index in [4.69, 9.17) is 4.74 Å². The maximum atomic E-state index is 13.1. The molecule has 3 nitrogen and oxygen atoms in total. The van der Waals surface area contributed by atoms with Gasteiger partial charge in [-0.2, -0.15) is 0 Å². The summed E-state index contributed by atoms with van der Waals surface area (Å²) < 4.78 is 5.81. The molecule has 1 aromatic rings. The highest BCUT2D eigenvalue weighted by atomic mass is 16.5. The highest BCUT2D eigenvalue weighted by molar-refractivity contribution is 6.02. The first kappa shape index (κ1) is 16.0. The first-order valence-corrected chi connectivity index (χ1v) is 7.94. The fourth-order valence-corrected chi connectivity index (χ4v) is 3.01. The zero-order valence-corrected chi connectivity index (χ0v) is 13.6. The monoisotopic (exact) mass is 289 g/mol. The van der Waals surface area contributed by atoms with Crippen molar-refractivity contribution in [2.45, 2.75) is 46.6 Å². The van der Waals surface area contributed by atoms with Crippen molar-refractivity contribution in [2.24, 2.45) is 11.3 Å². The molecule has 1 saturated heterocycles. The Bertz CT molecular complexity index is 488. The Morgan fingerprint density at radius 1 is 1.33 bits per heavy atom. The number of para-hydroxylation sites is 1. The summed E-state index contributed by atoms with van der Waals surface area (Å²) in [6.07, 6.45) is 2.32. The second-order valence-corrected chi connectivity index (χ2v) is 6.76. The summed E-state index contributed by atoms with van der Waals surface area (Å²) in [4.78, 5) is 13.1. The molecule has 1 heterocycles. The first-order chi connectivity index (χ1) is 9.93. The number of hydrogen-bond donors (Lipinski definition) is 1. The first-order valence-electron chi connectivity index (χ1n) is 7.94. The summed E-state index contributed by atoms with van der Waals surface area (Å²) in [5.41, 5.74) is 0.339. The molecule has 1 aromatic carbocycles.